The highest BCUT2D eigenvalue weighted by Gasteiger charge is 2.30. The summed E-state index contributed by atoms with van der Waals surface area (Å²) >= 11 is 0. The number of aromatic nitrogens is 2. The minimum atomic E-state index is 0.0806. The molecule has 1 amide bonds. The number of nitrogens with zero attached hydrogens (tertiary/aromatic N) is 3. The molecule has 0 saturated heterocycles. The molecule has 4 nitrogen and oxygen atoms in total. The number of carbonyl (C=O) groups is 1. The van der Waals surface area contributed by atoms with Gasteiger partial charge in [0.25, 0.3) is 5.91 Å². The zero-order chi connectivity index (χ0) is 24.3. The highest BCUT2D eigenvalue weighted by Crippen LogP contribution is 2.36. The Morgan fingerprint density at radius 2 is 1.47 bits per heavy atom. The summed E-state index contributed by atoms with van der Waals surface area (Å²) in [4.78, 5) is 25.2. The highest BCUT2D eigenvalue weighted by atomic mass is 16.2. The highest BCUT2D eigenvalue weighted by molar-refractivity contribution is 5.98. The molecule has 0 atom stereocenters. The summed E-state index contributed by atoms with van der Waals surface area (Å²) < 4.78 is 0. The molecule has 0 N–H and O–H groups in total. The number of benzene rings is 3. The Bertz CT molecular complexity index is 1510. The molecule has 2 aromatic heterocycles. The van der Waals surface area contributed by atoms with Crippen molar-refractivity contribution in [1.29, 1.82) is 0 Å². The Labute approximate surface area is 211 Å². The van der Waals surface area contributed by atoms with Crippen LogP contribution in [0.4, 0.5) is 0 Å². The maximum atomic E-state index is 14.0. The number of fused-ring (bicyclic) bond motifs is 2. The predicted molar refractivity (Wildman–Crippen MR) is 145 cm³/mol. The van der Waals surface area contributed by atoms with Gasteiger partial charge in [0.05, 0.1) is 11.0 Å². The number of rotatable bonds is 5. The van der Waals surface area contributed by atoms with Crippen molar-refractivity contribution in [3.63, 3.8) is 0 Å². The van der Waals surface area contributed by atoms with Crippen molar-refractivity contribution in [2.24, 2.45) is 0 Å². The van der Waals surface area contributed by atoms with E-state index in [1.807, 2.05) is 54.7 Å². The molecule has 0 aliphatic heterocycles. The molecule has 1 aliphatic carbocycles. The van der Waals surface area contributed by atoms with E-state index in [1.165, 1.54) is 5.56 Å². The van der Waals surface area contributed by atoms with E-state index in [4.69, 9.17) is 0 Å². The predicted octanol–water partition coefficient (Wildman–Crippen LogP) is 7.15. The van der Waals surface area contributed by atoms with Crippen LogP contribution in [0.5, 0.6) is 0 Å². The van der Waals surface area contributed by atoms with Crippen LogP contribution in [-0.2, 0) is 6.54 Å². The van der Waals surface area contributed by atoms with Crippen LogP contribution in [0.1, 0.15) is 53.1 Å². The van der Waals surface area contributed by atoms with Gasteiger partial charge in [-0.25, -0.2) is 0 Å². The lowest BCUT2D eigenvalue weighted by Crippen LogP contribution is -2.41. The van der Waals surface area contributed by atoms with Crippen molar-refractivity contribution in [1.82, 2.24) is 14.9 Å². The van der Waals surface area contributed by atoms with Crippen molar-refractivity contribution in [3.8, 4) is 0 Å². The van der Waals surface area contributed by atoms with E-state index in [0.717, 1.165) is 58.6 Å². The normalized spacial score (nSPS) is 17.8. The first kappa shape index (κ1) is 22.4. The first-order valence-corrected chi connectivity index (χ1v) is 12.8. The van der Waals surface area contributed by atoms with E-state index in [9.17, 15) is 4.79 Å². The van der Waals surface area contributed by atoms with Crippen LogP contribution in [0.15, 0.2) is 103 Å². The Hall–Kier alpha value is -4.05. The summed E-state index contributed by atoms with van der Waals surface area (Å²) in [6, 6.07) is 31.1. The van der Waals surface area contributed by atoms with E-state index < -0.39 is 0 Å². The van der Waals surface area contributed by atoms with Gasteiger partial charge in [0, 0.05) is 41.3 Å². The summed E-state index contributed by atoms with van der Waals surface area (Å²) in [5.41, 5.74) is 5.07. The minimum absolute atomic E-state index is 0.0806. The zero-order valence-electron chi connectivity index (χ0n) is 20.3. The fraction of sp³-hybridized carbons (Fsp3) is 0.219. The average Bonchev–Trinajstić information content (AvgIpc) is 2.96. The monoisotopic (exact) mass is 471 g/mol. The van der Waals surface area contributed by atoms with Crippen molar-refractivity contribution in [2.75, 3.05) is 0 Å². The van der Waals surface area contributed by atoms with Crippen LogP contribution < -0.4 is 0 Å². The summed E-state index contributed by atoms with van der Waals surface area (Å²) in [5.74, 6) is 0.644. The Morgan fingerprint density at radius 1 is 0.750 bits per heavy atom. The van der Waals surface area contributed by atoms with Crippen molar-refractivity contribution >= 4 is 27.7 Å². The molecule has 0 unspecified atom stereocenters. The summed E-state index contributed by atoms with van der Waals surface area (Å²) in [6.45, 7) is 0.558. The first-order valence-electron chi connectivity index (χ1n) is 12.8. The van der Waals surface area contributed by atoms with E-state index in [-0.39, 0.29) is 11.9 Å². The van der Waals surface area contributed by atoms with E-state index in [0.29, 0.717) is 12.5 Å². The third kappa shape index (κ3) is 4.59. The van der Waals surface area contributed by atoms with Crippen LogP contribution in [-0.4, -0.2) is 26.8 Å². The van der Waals surface area contributed by atoms with E-state index in [2.05, 4.69) is 57.3 Å². The molecule has 178 valence electrons. The largest absolute Gasteiger partial charge is 0.331 e. The Kier molecular flexibility index (Phi) is 6.17. The average molecular weight is 472 g/mol. The van der Waals surface area contributed by atoms with Gasteiger partial charge in [0.2, 0.25) is 0 Å². The van der Waals surface area contributed by atoms with Crippen molar-refractivity contribution in [3.05, 3.63) is 120 Å². The molecule has 1 aliphatic rings. The van der Waals surface area contributed by atoms with Gasteiger partial charge in [0.15, 0.2) is 0 Å². The van der Waals surface area contributed by atoms with Crippen LogP contribution in [0.2, 0.25) is 0 Å². The fourth-order valence-electron chi connectivity index (χ4n) is 5.59. The summed E-state index contributed by atoms with van der Waals surface area (Å²) in [6.07, 6.45) is 7.89. The molecule has 36 heavy (non-hydrogen) atoms. The third-order valence-corrected chi connectivity index (χ3v) is 7.52. The number of para-hydroxylation sites is 1. The summed E-state index contributed by atoms with van der Waals surface area (Å²) in [7, 11) is 0. The number of amides is 1. The van der Waals surface area contributed by atoms with Gasteiger partial charge in [-0.1, -0.05) is 54.6 Å². The standard InChI is InChI=1S/C32H29N3O/c36-32(28-14-17-31-27(20-28)10-6-18-33-31)35(22-23-19-26-9-4-5-11-30(26)34-21-23)29-15-12-25(13-16-29)24-7-2-1-3-8-24/h1-11,14,17-21,25,29H,12-13,15-16,22H2. The first-order chi connectivity index (χ1) is 17.7. The quantitative estimate of drug-likeness (QED) is 0.273. The SMILES string of the molecule is O=C(c1ccc2ncccc2c1)N(Cc1cnc2ccccc2c1)C1CCC(c2ccccc2)CC1. The number of hydrogen-bond donors (Lipinski definition) is 0. The molecule has 5 aromatic rings. The molecular formula is C32H29N3O. The smallest absolute Gasteiger partial charge is 0.254 e. The second-order valence-electron chi connectivity index (χ2n) is 9.80. The molecule has 4 heteroatoms. The zero-order valence-corrected chi connectivity index (χ0v) is 20.3. The number of pyridine rings is 2. The Balaban J connectivity index is 1.29. The van der Waals surface area contributed by atoms with E-state index >= 15 is 0 Å². The van der Waals surface area contributed by atoms with Gasteiger partial charge in [0.1, 0.15) is 0 Å². The maximum absolute atomic E-state index is 14.0. The summed E-state index contributed by atoms with van der Waals surface area (Å²) in [5, 5.41) is 2.09. The number of carbonyl (C=O) groups excluding carboxylic acids is 1. The minimum Gasteiger partial charge on any atom is -0.331 e. The van der Waals surface area contributed by atoms with Crippen LogP contribution >= 0.6 is 0 Å². The van der Waals surface area contributed by atoms with Gasteiger partial charge < -0.3 is 4.90 Å². The fourth-order valence-corrected chi connectivity index (χ4v) is 5.59. The molecule has 0 bridgehead atoms. The lowest BCUT2D eigenvalue weighted by molar-refractivity contribution is 0.0605. The van der Waals surface area contributed by atoms with Gasteiger partial charge in [-0.3, -0.25) is 14.8 Å². The van der Waals surface area contributed by atoms with Crippen molar-refractivity contribution in [2.45, 2.75) is 44.2 Å². The van der Waals surface area contributed by atoms with Gasteiger partial charge >= 0.3 is 0 Å². The lowest BCUT2D eigenvalue weighted by atomic mass is 9.81. The van der Waals surface area contributed by atoms with Gasteiger partial charge in [-0.15, -0.1) is 0 Å². The topological polar surface area (TPSA) is 46.1 Å². The third-order valence-electron chi connectivity index (χ3n) is 7.52. The van der Waals surface area contributed by atoms with Crippen molar-refractivity contribution < 1.29 is 4.79 Å². The van der Waals surface area contributed by atoms with E-state index in [1.54, 1.807) is 6.20 Å². The molecule has 1 fully saturated rings. The molecular weight excluding hydrogens is 442 g/mol. The molecule has 2 heterocycles. The van der Waals surface area contributed by atoms with Crippen LogP contribution in [0.3, 0.4) is 0 Å². The molecule has 0 spiro atoms. The van der Waals surface area contributed by atoms with Crippen LogP contribution in [0, 0.1) is 0 Å². The maximum Gasteiger partial charge on any atom is 0.254 e. The lowest BCUT2D eigenvalue weighted by Gasteiger charge is -2.37. The Morgan fingerprint density at radius 3 is 2.33 bits per heavy atom. The van der Waals surface area contributed by atoms with Crippen LogP contribution in [0.25, 0.3) is 21.8 Å². The molecule has 6 rings (SSSR count). The number of hydrogen-bond acceptors (Lipinski definition) is 3. The molecule has 3 aromatic carbocycles. The van der Waals surface area contributed by atoms with Gasteiger partial charge in [-0.05, 0) is 79.1 Å². The second-order valence-corrected chi connectivity index (χ2v) is 9.80. The molecule has 1 saturated carbocycles. The second kappa shape index (κ2) is 9.90. The molecule has 0 radical (unpaired) electrons. The van der Waals surface area contributed by atoms with Gasteiger partial charge in [-0.2, -0.15) is 0 Å².